The number of benzene rings is 2. The Bertz CT molecular complexity index is 1500. The van der Waals surface area contributed by atoms with Gasteiger partial charge in [-0.05, 0) is 25.1 Å². The zero-order chi connectivity index (χ0) is 25.1. The van der Waals surface area contributed by atoms with E-state index in [-0.39, 0.29) is 5.91 Å². The van der Waals surface area contributed by atoms with Gasteiger partial charge >= 0.3 is 0 Å². The number of imidazole rings is 1. The number of aryl methyl sites for hydroxylation is 1. The van der Waals surface area contributed by atoms with E-state index in [1.54, 1.807) is 36.9 Å². The Kier molecular flexibility index (Phi) is 7.02. The number of hydrogen-bond acceptors (Lipinski definition) is 7. The number of rotatable bonds is 9. The van der Waals surface area contributed by atoms with Crippen LogP contribution in [0.15, 0.2) is 59.4 Å². The standard InChI is InChI=1S/C27H26N4O3S2/c1-17-4-6-18(7-5-17)22-14-31-21(16-36-27(31)30-22)13-25(32)28-11-10-20-15-35-26(29-20)19-8-9-23(33-2)24(12-19)34-3/h4-9,12,14-16H,10-11,13H2,1-3H3,(H,28,32). The highest BCUT2D eigenvalue weighted by molar-refractivity contribution is 7.15. The van der Waals surface area contributed by atoms with Gasteiger partial charge in [0.2, 0.25) is 5.91 Å². The molecule has 0 aliphatic heterocycles. The van der Waals surface area contributed by atoms with Crippen LogP contribution in [-0.4, -0.2) is 41.0 Å². The highest BCUT2D eigenvalue weighted by atomic mass is 32.1. The fraction of sp³-hybridized carbons (Fsp3) is 0.222. The SMILES string of the molecule is COc1ccc(-c2nc(CCNC(=O)Cc3csc4nc(-c5ccc(C)cc5)cn34)cs2)cc1OC. The second kappa shape index (κ2) is 10.5. The minimum atomic E-state index is -0.0179. The predicted molar refractivity (Wildman–Crippen MR) is 144 cm³/mol. The van der Waals surface area contributed by atoms with E-state index in [1.165, 1.54) is 5.56 Å². The summed E-state index contributed by atoms with van der Waals surface area (Å²) in [5.74, 6) is 1.34. The van der Waals surface area contributed by atoms with Crippen LogP contribution in [0.4, 0.5) is 0 Å². The van der Waals surface area contributed by atoms with Crippen molar-refractivity contribution in [3.8, 4) is 33.3 Å². The summed E-state index contributed by atoms with van der Waals surface area (Å²) >= 11 is 3.12. The normalized spacial score (nSPS) is 11.1. The van der Waals surface area contributed by atoms with Gasteiger partial charge in [0.05, 0.1) is 32.0 Å². The van der Waals surface area contributed by atoms with Crippen LogP contribution < -0.4 is 14.8 Å². The predicted octanol–water partition coefficient (Wildman–Crippen LogP) is 5.41. The molecule has 1 amide bonds. The molecule has 1 N–H and O–H groups in total. The summed E-state index contributed by atoms with van der Waals surface area (Å²) in [4.78, 5) is 23.0. The molecule has 0 unspecified atom stereocenters. The number of carbonyl (C=O) groups excluding carboxylic acids is 1. The Morgan fingerprint density at radius 3 is 2.53 bits per heavy atom. The summed E-state index contributed by atoms with van der Waals surface area (Å²) in [5, 5.41) is 7.95. The van der Waals surface area contributed by atoms with Crippen molar-refractivity contribution >= 4 is 33.5 Å². The molecule has 3 aromatic heterocycles. The number of ether oxygens (including phenoxy) is 2. The first-order chi connectivity index (χ1) is 17.5. The Labute approximate surface area is 217 Å². The van der Waals surface area contributed by atoms with E-state index in [0.717, 1.165) is 38.2 Å². The van der Waals surface area contributed by atoms with Crippen LogP contribution in [0.1, 0.15) is 17.0 Å². The highest BCUT2D eigenvalue weighted by Crippen LogP contribution is 2.33. The van der Waals surface area contributed by atoms with Crippen LogP contribution in [0.3, 0.4) is 0 Å². The van der Waals surface area contributed by atoms with Gasteiger partial charge in [-0.1, -0.05) is 29.8 Å². The molecule has 36 heavy (non-hydrogen) atoms. The number of nitrogens with one attached hydrogen (secondary N) is 1. The molecule has 0 aliphatic rings. The van der Waals surface area contributed by atoms with Gasteiger partial charge in [0.25, 0.3) is 0 Å². The van der Waals surface area contributed by atoms with Gasteiger partial charge < -0.3 is 14.8 Å². The third-order valence-electron chi connectivity index (χ3n) is 5.86. The van der Waals surface area contributed by atoms with Crippen LogP contribution in [0.25, 0.3) is 26.8 Å². The largest absolute Gasteiger partial charge is 0.493 e. The summed E-state index contributed by atoms with van der Waals surface area (Å²) in [6.45, 7) is 2.59. The molecule has 0 fully saturated rings. The van der Waals surface area contributed by atoms with Gasteiger partial charge in [0.1, 0.15) is 5.01 Å². The van der Waals surface area contributed by atoms with Crippen LogP contribution in [0, 0.1) is 6.92 Å². The number of hydrogen-bond donors (Lipinski definition) is 1. The molecule has 0 saturated heterocycles. The molecule has 184 valence electrons. The molecule has 0 aliphatic carbocycles. The quantitative estimate of drug-likeness (QED) is 0.282. The van der Waals surface area contributed by atoms with Crippen LogP contribution in [0.2, 0.25) is 0 Å². The lowest BCUT2D eigenvalue weighted by molar-refractivity contribution is -0.120. The first-order valence-corrected chi connectivity index (χ1v) is 13.3. The smallest absolute Gasteiger partial charge is 0.225 e. The molecular formula is C27H26N4O3S2. The molecule has 2 aromatic carbocycles. The third-order valence-corrected chi connectivity index (χ3v) is 7.69. The Morgan fingerprint density at radius 2 is 1.75 bits per heavy atom. The Hall–Kier alpha value is -3.69. The first kappa shape index (κ1) is 24.0. The van der Waals surface area contributed by atoms with Crippen molar-refractivity contribution in [2.75, 3.05) is 20.8 Å². The fourth-order valence-electron chi connectivity index (χ4n) is 3.90. The lowest BCUT2D eigenvalue weighted by atomic mass is 10.1. The van der Waals surface area contributed by atoms with Crippen LogP contribution in [-0.2, 0) is 17.6 Å². The second-order valence-electron chi connectivity index (χ2n) is 8.36. The third kappa shape index (κ3) is 5.12. The molecule has 0 spiro atoms. The second-order valence-corrected chi connectivity index (χ2v) is 10.1. The summed E-state index contributed by atoms with van der Waals surface area (Å²) in [6, 6.07) is 14.1. The minimum absolute atomic E-state index is 0.0179. The van der Waals surface area contributed by atoms with Gasteiger partial charge in [0.15, 0.2) is 16.5 Å². The van der Waals surface area contributed by atoms with Gasteiger partial charge in [-0.15, -0.1) is 22.7 Å². The van der Waals surface area contributed by atoms with E-state index in [1.807, 2.05) is 39.6 Å². The molecule has 0 atom stereocenters. The average molecular weight is 519 g/mol. The Balaban J connectivity index is 1.17. The van der Waals surface area contributed by atoms with E-state index < -0.39 is 0 Å². The number of thiazole rings is 2. The highest BCUT2D eigenvalue weighted by Gasteiger charge is 2.13. The number of carbonyl (C=O) groups is 1. The summed E-state index contributed by atoms with van der Waals surface area (Å²) in [7, 11) is 3.24. The van der Waals surface area contributed by atoms with Crippen molar-refractivity contribution in [1.82, 2.24) is 19.7 Å². The lowest BCUT2D eigenvalue weighted by Crippen LogP contribution is -2.27. The van der Waals surface area contributed by atoms with Crippen LogP contribution >= 0.6 is 22.7 Å². The first-order valence-electron chi connectivity index (χ1n) is 11.5. The summed E-state index contributed by atoms with van der Waals surface area (Å²) in [6.07, 6.45) is 2.97. The number of nitrogens with zero attached hydrogens (tertiary/aromatic N) is 3. The van der Waals surface area contributed by atoms with Crippen LogP contribution in [0.5, 0.6) is 11.5 Å². The van der Waals surface area contributed by atoms with Crippen molar-refractivity contribution in [1.29, 1.82) is 0 Å². The maximum atomic E-state index is 12.6. The van der Waals surface area contributed by atoms with Gasteiger partial charge in [-0.2, -0.15) is 0 Å². The molecule has 0 saturated carbocycles. The summed E-state index contributed by atoms with van der Waals surface area (Å²) in [5.41, 5.74) is 6.05. The van der Waals surface area contributed by atoms with E-state index >= 15 is 0 Å². The van der Waals surface area contributed by atoms with Crippen molar-refractivity contribution in [2.24, 2.45) is 0 Å². The molecule has 7 nitrogen and oxygen atoms in total. The number of aromatic nitrogens is 3. The van der Waals surface area contributed by atoms with Gasteiger partial charge in [0, 0.05) is 46.7 Å². The maximum Gasteiger partial charge on any atom is 0.225 e. The number of fused-ring (bicyclic) bond motifs is 1. The van der Waals surface area contributed by atoms with E-state index in [4.69, 9.17) is 19.4 Å². The zero-order valence-corrected chi connectivity index (χ0v) is 21.9. The summed E-state index contributed by atoms with van der Waals surface area (Å²) < 4.78 is 12.7. The van der Waals surface area contributed by atoms with Gasteiger partial charge in [-0.25, -0.2) is 9.97 Å². The molecule has 9 heteroatoms. The van der Waals surface area contributed by atoms with E-state index in [0.29, 0.717) is 30.9 Å². The number of amides is 1. The van der Waals surface area contributed by atoms with Crippen molar-refractivity contribution < 1.29 is 14.3 Å². The lowest BCUT2D eigenvalue weighted by Gasteiger charge is -2.08. The molecule has 0 radical (unpaired) electrons. The maximum absolute atomic E-state index is 12.6. The topological polar surface area (TPSA) is 77.8 Å². The molecular weight excluding hydrogens is 492 g/mol. The van der Waals surface area contributed by atoms with Crippen molar-refractivity contribution in [3.63, 3.8) is 0 Å². The van der Waals surface area contributed by atoms with E-state index in [9.17, 15) is 4.79 Å². The minimum Gasteiger partial charge on any atom is -0.493 e. The number of methoxy groups -OCH3 is 2. The van der Waals surface area contributed by atoms with E-state index in [2.05, 4.69) is 36.5 Å². The molecule has 5 aromatic rings. The molecule has 0 bridgehead atoms. The zero-order valence-electron chi connectivity index (χ0n) is 20.3. The fourth-order valence-corrected chi connectivity index (χ4v) is 5.62. The van der Waals surface area contributed by atoms with Gasteiger partial charge in [-0.3, -0.25) is 9.20 Å². The average Bonchev–Trinajstić information content (AvgIpc) is 3.62. The van der Waals surface area contributed by atoms with Crippen molar-refractivity contribution in [2.45, 2.75) is 19.8 Å². The Morgan fingerprint density at radius 1 is 0.972 bits per heavy atom. The monoisotopic (exact) mass is 518 g/mol. The molecule has 5 rings (SSSR count). The van der Waals surface area contributed by atoms with Crippen molar-refractivity contribution in [3.05, 3.63) is 76.4 Å². The molecule has 3 heterocycles.